The second kappa shape index (κ2) is 26.9. The number of hydrogen-bond acceptors (Lipinski definition) is 5. The Hall–Kier alpha value is -0.660. The molecule has 0 saturated carbocycles. The van der Waals surface area contributed by atoms with E-state index in [1.165, 1.54) is 90.6 Å². The van der Waals surface area contributed by atoms with Crippen LogP contribution in [0.5, 0.6) is 0 Å². The first kappa shape index (κ1) is 40.3. The summed E-state index contributed by atoms with van der Waals surface area (Å²) >= 11 is 0. The molecule has 0 aliphatic carbocycles. The Balaban J connectivity index is 5.62. The molecule has 0 amide bonds. The molecule has 0 fully saturated rings. The first-order valence-corrected chi connectivity index (χ1v) is 19.0. The maximum atomic E-state index is 14.2. The monoisotopic (exact) mass is 603 g/mol. The number of rotatable bonds is 30. The first-order valence-electron chi connectivity index (χ1n) is 17.4. The van der Waals surface area contributed by atoms with E-state index in [-0.39, 0.29) is 30.1 Å². The van der Waals surface area contributed by atoms with E-state index < -0.39 is 10.0 Å². The summed E-state index contributed by atoms with van der Waals surface area (Å²) < 4.78 is 35.1. The molecule has 0 bridgehead atoms. The van der Waals surface area contributed by atoms with E-state index in [1.807, 2.05) is 14.1 Å². The quantitative estimate of drug-likeness (QED) is 0.0606. The fourth-order valence-electron chi connectivity index (χ4n) is 5.83. The first-order chi connectivity index (χ1) is 19.7. The van der Waals surface area contributed by atoms with Crippen molar-refractivity contribution in [2.24, 2.45) is 5.92 Å². The zero-order chi connectivity index (χ0) is 30.8. The van der Waals surface area contributed by atoms with Crippen LogP contribution < -0.4 is 0 Å². The van der Waals surface area contributed by atoms with Gasteiger partial charge in [0.15, 0.2) is 0 Å². The highest BCUT2D eigenvalue weighted by Crippen LogP contribution is 2.26. The summed E-state index contributed by atoms with van der Waals surface area (Å²) in [4.78, 5) is 14.6. The number of sulfonamides is 1. The smallest absolute Gasteiger partial charge is 0.307 e. The van der Waals surface area contributed by atoms with E-state index >= 15 is 0 Å². The van der Waals surface area contributed by atoms with E-state index in [9.17, 15) is 13.2 Å². The van der Waals surface area contributed by atoms with Gasteiger partial charge in [0.05, 0.1) is 19.3 Å². The molecule has 0 heterocycles. The summed E-state index contributed by atoms with van der Waals surface area (Å²) in [5.41, 5.74) is 0. The van der Waals surface area contributed by atoms with Gasteiger partial charge in [-0.2, -0.15) is 4.31 Å². The SMILES string of the molecule is CCCCCCCCCC(CC(=O)OC)N(CCCN(C)C)S(=O)(=O)CC(CCCCCC)CCCCCCCC. The Morgan fingerprint density at radius 3 is 1.54 bits per heavy atom. The lowest BCUT2D eigenvalue weighted by molar-refractivity contribution is -0.141. The second-order valence-electron chi connectivity index (χ2n) is 12.7. The number of carbonyl (C=O) groups is 1. The molecule has 0 radical (unpaired) electrons. The second-order valence-corrected chi connectivity index (χ2v) is 14.6. The molecule has 0 rings (SSSR count). The van der Waals surface area contributed by atoms with Gasteiger partial charge in [-0.3, -0.25) is 4.79 Å². The number of esters is 1. The van der Waals surface area contributed by atoms with Crippen LogP contribution in [0.1, 0.15) is 162 Å². The van der Waals surface area contributed by atoms with Gasteiger partial charge in [-0.05, 0) is 52.2 Å². The third-order valence-electron chi connectivity index (χ3n) is 8.40. The lowest BCUT2D eigenvalue weighted by atomic mass is 9.96. The molecule has 0 aromatic carbocycles. The molecule has 41 heavy (non-hydrogen) atoms. The van der Waals surface area contributed by atoms with Crippen molar-refractivity contribution >= 4 is 16.0 Å². The highest BCUT2D eigenvalue weighted by molar-refractivity contribution is 7.89. The summed E-state index contributed by atoms with van der Waals surface area (Å²) in [6.07, 6.45) is 23.9. The van der Waals surface area contributed by atoms with Crippen molar-refractivity contribution in [2.45, 2.75) is 168 Å². The molecule has 7 heteroatoms. The van der Waals surface area contributed by atoms with E-state index in [0.29, 0.717) is 6.54 Å². The maximum absolute atomic E-state index is 14.2. The zero-order valence-electron chi connectivity index (χ0n) is 28.3. The minimum atomic E-state index is -3.51. The molecule has 6 nitrogen and oxygen atoms in total. The van der Waals surface area contributed by atoms with Crippen molar-refractivity contribution in [1.29, 1.82) is 0 Å². The van der Waals surface area contributed by atoms with Crippen molar-refractivity contribution in [2.75, 3.05) is 40.0 Å². The Kier molecular flexibility index (Phi) is 26.5. The maximum Gasteiger partial charge on any atom is 0.307 e. The molecule has 0 saturated heterocycles. The van der Waals surface area contributed by atoms with Gasteiger partial charge in [0.1, 0.15) is 0 Å². The summed E-state index contributed by atoms with van der Waals surface area (Å²) in [7, 11) is 1.94. The summed E-state index contributed by atoms with van der Waals surface area (Å²) in [5.74, 6) is 0.0933. The molecule has 2 unspecified atom stereocenters. The molecule has 0 spiro atoms. The van der Waals surface area contributed by atoms with Gasteiger partial charge in [-0.1, -0.05) is 130 Å². The Morgan fingerprint density at radius 2 is 1.07 bits per heavy atom. The van der Waals surface area contributed by atoms with E-state index in [1.54, 1.807) is 4.31 Å². The van der Waals surface area contributed by atoms with Crippen LogP contribution in [0.2, 0.25) is 0 Å². The predicted molar refractivity (Wildman–Crippen MR) is 177 cm³/mol. The van der Waals surface area contributed by atoms with Crippen LogP contribution in [0.4, 0.5) is 0 Å². The average molecular weight is 603 g/mol. The molecule has 0 aliphatic heterocycles. The predicted octanol–water partition coefficient (Wildman–Crippen LogP) is 8.98. The standard InChI is InChI=1S/C34H70N2O4S/c1-7-10-13-16-18-20-23-27-33(30-34(37)40-6)36(29-24-28-35(4)5)41(38,39)31-32(25-21-15-12-9-3)26-22-19-17-14-11-8-2/h32-33H,7-31H2,1-6H3. The van der Waals surface area contributed by atoms with E-state index in [2.05, 4.69) is 25.7 Å². The van der Waals surface area contributed by atoms with Crippen LogP contribution in [-0.2, 0) is 19.6 Å². The number of nitrogens with zero attached hydrogens (tertiary/aromatic N) is 2. The fraction of sp³-hybridized carbons (Fsp3) is 0.971. The van der Waals surface area contributed by atoms with Gasteiger partial charge in [-0.25, -0.2) is 8.42 Å². The third kappa shape index (κ3) is 22.5. The van der Waals surface area contributed by atoms with Crippen LogP contribution >= 0.6 is 0 Å². The minimum Gasteiger partial charge on any atom is -0.469 e. The van der Waals surface area contributed by atoms with Crippen LogP contribution in [0.3, 0.4) is 0 Å². The number of methoxy groups -OCH3 is 1. The summed E-state index contributed by atoms with van der Waals surface area (Å²) in [5, 5.41) is 0. The summed E-state index contributed by atoms with van der Waals surface area (Å²) in [6.45, 7) is 7.98. The number of hydrogen-bond donors (Lipinski definition) is 0. The van der Waals surface area contributed by atoms with Crippen LogP contribution in [0.15, 0.2) is 0 Å². The van der Waals surface area contributed by atoms with Crippen LogP contribution in [-0.4, -0.2) is 69.7 Å². The molecule has 0 aromatic rings. The highest BCUT2D eigenvalue weighted by Gasteiger charge is 2.33. The van der Waals surface area contributed by atoms with E-state index in [4.69, 9.17) is 4.74 Å². The van der Waals surface area contributed by atoms with Crippen LogP contribution in [0, 0.1) is 5.92 Å². The number of ether oxygens (including phenoxy) is 1. The van der Waals surface area contributed by atoms with Gasteiger partial charge >= 0.3 is 5.97 Å². The van der Waals surface area contributed by atoms with Gasteiger partial charge in [0.25, 0.3) is 0 Å². The molecule has 0 aromatic heterocycles. The lowest BCUT2D eigenvalue weighted by Gasteiger charge is -2.32. The topological polar surface area (TPSA) is 66.9 Å². The summed E-state index contributed by atoms with van der Waals surface area (Å²) in [6, 6.07) is -0.319. The van der Waals surface area contributed by atoms with Crippen LogP contribution in [0.25, 0.3) is 0 Å². The van der Waals surface area contributed by atoms with E-state index in [0.717, 1.165) is 57.9 Å². The van der Waals surface area contributed by atoms with Crippen molar-refractivity contribution < 1.29 is 17.9 Å². The van der Waals surface area contributed by atoms with Gasteiger partial charge in [0.2, 0.25) is 10.0 Å². The molecular weight excluding hydrogens is 532 g/mol. The number of unbranched alkanes of at least 4 members (excludes halogenated alkanes) is 14. The Labute approximate surface area is 256 Å². The molecule has 246 valence electrons. The minimum absolute atomic E-state index is 0.145. The molecule has 0 aliphatic rings. The normalized spacial score (nSPS) is 13.7. The van der Waals surface area contributed by atoms with Gasteiger partial charge in [-0.15, -0.1) is 0 Å². The third-order valence-corrected chi connectivity index (χ3v) is 10.5. The Morgan fingerprint density at radius 1 is 0.634 bits per heavy atom. The number of carbonyl (C=O) groups excluding carboxylic acids is 1. The van der Waals surface area contributed by atoms with Crippen molar-refractivity contribution in [1.82, 2.24) is 9.21 Å². The van der Waals surface area contributed by atoms with Gasteiger partial charge < -0.3 is 9.64 Å². The van der Waals surface area contributed by atoms with Crippen molar-refractivity contribution in [3.05, 3.63) is 0 Å². The molecular formula is C34H70N2O4S. The lowest BCUT2D eigenvalue weighted by Crippen LogP contribution is -2.45. The highest BCUT2D eigenvalue weighted by atomic mass is 32.2. The van der Waals surface area contributed by atoms with Gasteiger partial charge in [0, 0.05) is 12.6 Å². The molecule has 2 atom stereocenters. The average Bonchev–Trinajstić information content (AvgIpc) is 2.93. The largest absolute Gasteiger partial charge is 0.469 e. The fourth-order valence-corrected chi connectivity index (χ4v) is 7.99. The van der Waals surface area contributed by atoms with Crippen molar-refractivity contribution in [3.8, 4) is 0 Å². The molecule has 0 N–H and O–H groups in total. The Bertz CT molecular complexity index is 699. The van der Waals surface area contributed by atoms with Crippen molar-refractivity contribution in [3.63, 3.8) is 0 Å². The zero-order valence-corrected chi connectivity index (χ0v) is 29.1.